The zero-order valence-electron chi connectivity index (χ0n) is 13.6. The minimum absolute atomic E-state index is 0.126. The Labute approximate surface area is 146 Å². The van der Waals surface area contributed by atoms with Crippen LogP contribution in [-0.2, 0) is 24.8 Å². The highest BCUT2D eigenvalue weighted by Crippen LogP contribution is 2.35. The number of anilines is 1. The summed E-state index contributed by atoms with van der Waals surface area (Å²) in [6.45, 7) is 0.140. The number of hydrogen-bond acceptors (Lipinski definition) is 7. The first-order chi connectivity index (χ1) is 12.0. The van der Waals surface area contributed by atoms with Crippen molar-refractivity contribution in [2.75, 3.05) is 5.73 Å². The first-order valence-corrected chi connectivity index (χ1v) is 8.78. The molecule has 4 N–H and O–H groups in total. The van der Waals surface area contributed by atoms with E-state index in [1.807, 2.05) is 0 Å². The summed E-state index contributed by atoms with van der Waals surface area (Å²) in [5.41, 5.74) is 6.78. The van der Waals surface area contributed by atoms with E-state index >= 15 is 0 Å². The van der Waals surface area contributed by atoms with Crippen LogP contribution in [0.15, 0.2) is 11.0 Å². The van der Waals surface area contributed by atoms with E-state index in [4.69, 9.17) is 5.73 Å². The van der Waals surface area contributed by atoms with E-state index in [2.05, 4.69) is 25.4 Å². The molecule has 0 aromatic carbocycles. The van der Waals surface area contributed by atoms with Crippen LogP contribution >= 0.6 is 11.3 Å². The number of fused-ring (bicyclic) bond motifs is 2. The van der Waals surface area contributed by atoms with Gasteiger partial charge in [0, 0.05) is 11.9 Å². The number of thiazole rings is 1. The number of hydrogen-bond donors (Lipinski definition) is 3. The van der Waals surface area contributed by atoms with Gasteiger partial charge in [-0.3, -0.25) is 14.3 Å². The lowest BCUT2D eigenvalue weighted by atomic mass is 9.90. The second kappa shape index (κ2) is 5.96. The minimum Gasteiger partial charge on any atom is -0.375 e. The van der Waals surface area contributed by atoms with Gasteiger partial charge in [-0.25, -0.2) is 9.97 Å². The van der Waals surface area contributed by atoms with Crippen molar-refractivity contribution in [3.05, 3.63) is 32.9 Å². The fourth-order valence-electron chi connectivity index (χ4n) is 3.15. The zero-order valence-corrected chi connectivity index (χ0v) is 14.4. The van der Waals surface area contributed by atoms with Gasteiger partial charge in [-0.05, 0) is 19.3 Å². The summed E-state index contributed by atoms with van der Waals surface area (Å²) >= 11 is 1.45. The number of amides is 1. The van der Waals surface area contributed by atoms with Gasteiger partial charge in [-0.15, -0.1) is 11.3 Å². The fraction of sp³-hybridized carbons (Fsp3) is 0.400. The number of aryl methyl sites for hydroxylation is 2. The van der Waals surface area contributed by atoms with Crippen molar-refractivity contribution in [3.63, 3.8) is 0 Å². The van der Waals surface area contributed by atoms with Gasteiger partial charge < -0.3 is 16.0 Å². The Hall–Kier alpha value is -2.75. The molecule has 3 aromatic heterocycles. The second-order valence-electron chi connectivity index (χ2n) is 6.04. The summed E-state index contributed by atoms with van der Waals surface area (Å²) in [6.07, 6.45) is 4.06. The predicted octanol–water partition coefficient (Wildman–Crippen LogP) is 0.432. The van der Waals surface area contributed by atoms with Gasteiger partial charge in [-0.2, -0.15) is 5.10 Å². The Balaban J connectivity index is 1.53. The van der Waals surface area contributed by atoms with Gasteiger partial charge in [0.2, 0.25) is 5.91 Å². The van der Waals surface area contributed by atoms with Crippen LogP contribution < -0.4 is 16.6 Å². The number of H-pyrrole nitrogens is 1. The van der Waals surface area contributed by atoms with E-state index in [-0.39, 0.29) is 23.9 Å². The first kappa shape index (κ1) is 15.8. The van der Waals surface area contributed by atoms with Crippen molar-refractivity contribution >= 4 is 33.4 Å². The number of rotatable bonds is 3. The van der Waals surface area contributed by atoms with E-state index in [0.717, 1.165) is 29.8 Å². The van der Waals surface area contributed by atoms with E-state index in [0.29, 0.717) is 22.0 Å². The third-order valence-corrected chi connectivity index (χ3v) is 5.33. The number of nitrogen functional groups attached to an aromatic ring is 1. The molecule has 4 rings (SSSR count). The van der Waals surface area contributed by atoms with Crippen molar-refractivity contribution in [2.24, 2.45) is 7.05 Å². The molecular weight excluding hydrogens is 342 g/mol. The van der Waals surface area contributed by atoms with Crippen LogP contribution in [0.2, 0.25) is 0 Å². The van der Waals surface area contributed by atoms with Crippen LogP contribution in [0.25, 0.3) is 11.0 Å². The van der Waals surface area contributed by atoms with Crippen LogP contribution in [0.5, 0.6) is 0 Å². The van der Waals surface area contributed by atoms with Crippen LogP contribution in [0.4, 0.5) is 5.13 Å². The Morgan fingerprint density at radius 2 is 2.36 bits per heavy atom. The van der Waals surface area contributed by atoms with Crippen LogP contribution in [-0.4, -0.2) is 30.6 Å². The summed E-state index contributed by atoms with van der Waals surface area (Å²) in [4.78, 5) is 37.1. The molecule has 0 spiro atoms. The lowest BCUT2D eigenvalue weighted by Crippen LogP contribution is -2.32. The number of nitrogens with two attached hydrogens (primary N) is 1. The third-order valence-electron chi connectivity index (χ3n) is 4.37. The zero-order chi connectivity index (χ0) is 17.6. The molecule has 3 aromatic rings. The molecule has 0 radical (unpaired) electrons. The van der Waals surface area contributed by atoms with E-state index in [9.17, 15) is 9.59 Å². The Morgan fingerprint density at radius 1 is 1.52 bits per heavy atom. The molecule has 0 saturated heterocycles. The molecule has 1 aliphatic carbocycles. The lowest BCUT2D eigenvalue weighted by molar-refractivity contribution is -0.123. The fourth-order valence-corrected chi connectivity index (χ4v) is 4.08. The maximum Gasteiger partial charge on any atom is 0.262 e. The molecule has 25 heavy (non-hydrogen) atoms. The molecule has 1 atom stereocenters. The second-order valence-corrected chi connectivity index (χ2v) is 7.16. The SMILES string of the molecule is Cn1ncc2c(=O)[nH]c(CNC(=O)C3CCCc4sc(N)nc43)nc21. The maximum atomic E-state index is 12.6. The largest absolute Gasteiger partial charge is 0.375 e. The summed E-state index contributed by atoms with van der Waals surface area (Å²) in [5.74, 6) is -0.0354. The molecule has 1 unspecified atom stereocenters. The predicted molar refractivity (Wildman–Crippen MR) is 93.2 cm³/mol. The van der Waals surface area contributed by atoms with Crippen molar-refractivity contribution < 1.29 is 4.79 Å². The van der Waals surface area contributed by atoms with Gasteiger partial charge in [0.05, 0.1) is 24.4 Å². The quantitative estimate of drug-likeness (QED) is 0.621. The Kier molecular flexibility index (Phi) is 3.75. The van der Waals surface area contributed by atoms with Crippen LogP contribution in [0.1, 0.15) is 35.2 Å². The van der Waals surface area contributed by atoms with E-state index in [1.54, 1.807) is 7.05 Å². The summed E-state index contributed by atoms with van der Waals surface area (Å²) in [7, 11) is 1.72. The van der Waals surface area contributed by atoms with Gasteiger partial charge in [0.1, 0.15) is 11.2 Å². The molecule has 130 valence electrons. The smallest absolute Gasteiger partial charge is 0.262 e. The van der Waals surface area contributed by atoms with Gasteiger partial charge in [0.15, 0.2) is 10.8 Å². The van der Waals surface area contributed by atoms with Crippen molar-refractivity contribution in [2.45, 2.75) is 31.7 Å². The number of aromatic amines is 1. The molecule has 0 saturated carbocycles. The van der Waals surface area contributed by atoms with Gasteiger partial charge >= 0.3 is 0 Å². The van der Waals surface area contributed by atoms with Crippen LogP contribution in [0, 0.1) is 0 Å². The number of aromatic nitrogens is 5. The molecule has 0 bridgehead atoms. The summed E-state index contributed by atoms with van der Waals surface area (Å²) in [5, 5.41) is 7.79. The Morgan fingerprint density at radius 3 is 3.20 bits per heavy atom. The minimum atomic E-state index is -0.301. The number of nitrogens with zero attached hydrogens (tertiary/aromatic N) is 4. The lowest BCUT2D eigenvalue weighted by Gasteiger charge is -2.20. The standard InChI is InChI=1S/C15H17N7O2S/c1-22-12-8(5-18-22)14(24)20-10(19-12)6-17-13(23)7-3-2-4-9-11(7)21-15(16)25-9/h5,7H,2-4,6H2,1H3,(H2,16,21)(H,17,23)(H,19,20,24). The number of carbonyl (C=O) groups excluding carboxylic acids is 1. The molecule has 1 amide bonds. The van der Waals surface area contributed by atoms with Crippen LogP contribution in [0.3, 0.4) is 0 Å². The average Bonchev–Trinajstić information content (AvgIpc) is 3.15. The highest BCUT2D eigenvalue weighted by atomic mass is 32.1. The highest BCUT2D eigenvalue weighted by molar-refractivity contribution is 7.15. The molecule has 0 aliphatic heterocycles. The molecule has 0 fully saturated rings. The molecule has 10 heteroatoms. The van der Waals surface area contributed by atoms with Crippen molar-refractivity contribution in [1.82, 2.24) is 30.0 Å². The topological polar surface area (TPSA) is 132 Å². The number of nitrogens with one attached hydrogen (secondary N) is 2. The number of carbonyl (C=O) groups is 1. The molecular formula is C15H17N7O2S. The van der Waals surface area contributed by atoms with Crippen molar-refractivity contribution in [1.29, 1.82) is 0 Å². The third kappa shape index (κ3) is 2.78. The van der Waals surface area contributed by atoms with E-state index < -0.39 is 0 Å². The summed E-state index contributed by atoms with van der Waals surface area (Å²) in [6, 6.07) is 0. The van der Waals surface area contributed by atoms with Gasteiger partial charge in [-0.1, -0.05) is 0 Å². The Bertz CT molecular complexity index is 1020. The van der Waals surface area contributed by atoms with Crippen molar-refractivity contribution in [3.8, 4) is 0 Å². The van der Waals surface area contributed by atoms with E-state index in [1.165, 1.54) is 22.2 Å². The summed E-state index contributed by atoms with van der Waals surface area (Å²) < 4.78 is 1.53. The maximum absolute atomic E-state index is 12.6. The monoisotopic (exact) mass is 359 g/mol. The molecule has 9 nitrogen and oxygen atoms in total. The van der Waals surface area contributed by atoms with Gasteiger partial charge in [0.25, 0.3) is 5.56 Å². The normalized spacial score (nSPS) is 16.8. The molecule has 3 heterocycles. The highest BCUT2D eigenvalue weighted by Gasteiger charge is 2.29. The average molecular weight is 359 g/mol. The first-order valence-electron chi connectivity index (χ1n) is 7.96. The molecule has 1 aliphatic rings.